The molecule has 9 saturated carbocycles. The van der Waals surface area contributed by atoms with Crippen LogP contribution in [0.1, 0.15) is 160 Å². The van der Waals surface area contributed by atoms with Crippen LogP contribution < -0.4 is 0 Å². The van der Waals surface area contributed by atoms with E-state index in [4.69, 9.17) is 52.1 Å². The molecule has 87 heavy (non-hydrogen) atoms. The maximum absolute atomic E-state index is 11.9. The van der Waals surface area contributed by atoms with Gasteiger partial charge in [-0.3, -0.25) is 47.9 Å². The lowest BCUT2D eigenvalue weighted by Crippen LogP contribution is -2.50. The second-order valence-corrected chi connectivity index (χ2v) is 30.2. The van der Waals surface area contributed by atoms with E-state index in [1.165, 1.54) is 0 Å². The van der Waals surface area contributed by atoms with Crippen LogP contribution in [-0.4, -0.2) is 142 Å². The molecule has 9 aliphatic heterocycles. The van der Waals surface area contributed by atoms with Gasteiger partial charge in [-0.25, -0.2) is 0 Å². The maximum Gasteiger partial charge on any atom is 0.312 e. The summed E-state index contributed by atoms with van der Waals surface area (Å²) in [5.41, 5.74) is -0.877. The van der Waals surface area contributed by atoms with E-state index in [9.17, 15) is 47.9 Å². The second-order valence-electron chi connectivity index (χ2n) is 28.8. The number of esters is 10. The van der Waals surface area contributed by atoms with Crippen LogP contribution in [0.3, 0.4) is 0 Å². The third-order valence-corrected chi connectivity index (χ3v) is 26.3. The van der Waals surface area contributed by atoms with E-state index in [2.05, 4.69) is 0 Å². The Kier molecular flexibility index (Phi) is 15.1. The molecule has 0 aromatic carbocycles. The van der Waals surface area contributed by atoms with E-state index in [-0.39, 0.29) is 212 Å². The molecule has 18 aliphatic rings. The summed E-state index contributed by atoms with van der Waals surface area (Å²) < 4.78 is 60.5. The minimum absolute atomic E-state index is 0.0490. The first-order chi connectivity index (χ1) is 41.4. The van der Waals surface area contributed by atoms with Crippen molar-refractivity contribution < 1.29 is 100 Å². The average molecular weight is 1240 g/mol. The Morgan fingerprint density at radius 3 is 1.69 bits per heavy atom. The van der Waals surface area contributed by atoms with Crippen LogP contribution in [0, 0.1) is 99.6 Å². The molecular weight excluding hydrogens is 1150 g/mol. The van der Waals surface area contributed by atoms with Gasteiger partial charge in [-0.2, -0.15) is 0 Å². The maximum atomic E-state index is 11.9. The van der Waals surface area contributed by atoms with Gasteiger partial charge in [0, 0.05) is 40.8 Å². The molecule has 9 heterocycles. The highest BCUT2D eigenvalue weighted by molar-refractivity contribution is 8.01. The fourth-order valence-corrected chi connectivity index (χ4v) is 20.3. The molecule has 18 rings (SSSR count). The number of hydrogen-bond acceptors (Lipinski definition) is 22. The van der Waals surface area contributed by atoms with Crippen LogP contribution in [0.5, 0.6) is 0 Å². The molecule has 478 valence electrons. The zero-order valence-corrected chi connectivity index (χ0v) is 52.6. The van der Waals surface area contributed by atoms with Gasteiger partial charge < -0.3 is 52.1 Å². The summed E-state index contributed by atoms with van der Waals surface area (Å²) in [5, 5.41) is 0.483. The van der Waals surface area contributed by atoms with E-state index in [1.807, 2.05) is 76.2 Å². The summed E-state index contributed by atoms with van der Waals surface area (Å²) in [4.78, 5) is 117. The number of hydrogen-bond donors (Lipinski definition) is 0. The Bertz CT molecular complexity index is 2820. The van der Waals surface area contributed by atoms with E-state index < -0.39 is 6.10 Å². The zero-order chi connectivity index (χ0) is 62.0. The molecule has 31 unspecified atom stereocenters. The summed E-state index contributed by atoms with van der Waals surface area (Å²) in [7, 11) is 0. The van der Waals surface area contributed by atoms with Crippen molar-refractivity contribution in [1.82, 2.24) is 0 Å². The topological polar surface area (TPSA) is 272 Å². The summed E-state index contributed by atoms with van der Waals surface area (Å²) >= 11 is 1.76. The molecule has 0 N–H and O–H groups in total. The van der Waals surface area contributed by atoms with Crippen molar-refractivity contribution in [3.8, 4) is 0 Å². The van der Waals surface area contributed by atoms with Crippen molar-refractivity contribution in [1.29, 1.82) is 0 Å². The fourth-order valence-electron chi connectivity index (χ4n) is 18.5. The van der Waals surface area contributed by atoms with Crippen molar-refractivity contribution in [3.05, 3.63) is 0 Å². The lowest BCUT2D eigenvalue weighted by atomic mass is 9.63. The highest BCUT2D eigenvalue weighted by Gasteiger charge is 3.32. The van der Waals surface area contributed by atoms with Crippen LogP contribution in [-0.2, 0) is 100 Å². The Labute approximate surface area is 511 Å². The Balaban J connectivity index is 0.000000101. The molecule has 22 heteroatoms. The fraction of sp³-hybridized carbons (Fsp3) is 0.846. The zero-order valence-electron chi connectivity index (χ0n) is 51.8. The molecule has 0 aromatic heterocycles. The number of ether oxygens (including phenoxy) is 11. The van der Waals surface area contributed by atoms with Gasteiger partial charge in [-0.05, 0) is 90.4 Å². The number of carbonyl (C=O) groups is 10. The van der Waals surface area contributed by atoms with Gasteiger partial charge in [0.1, 0.15) is 30.5 Å². The Morgan fingerprint density at radius 2 is 1.07 bits per heavy atom. The predicted molar refractivity (Wildman–Crippen MR) is 300 cm³/mol. The van der Waals surface area contributed by atoms with Gasteiger partial charge in [0.05, 0.1) is 75.4 Å². The van der Waals surface area contributed by atoms with Crippen molar-refractivity contribution >= 4 is 71.5 Å². The van der Waals surface area contributed by atoms with Gasteiger partial charge in [0.25, 0.3) is 0 Å². The van der Waals surface area contributed by atoms with Crippen LogP contribution in [0.2, 0.25) is 0 Å². The van der Waals surface area contributed by atoms with E-state index in [0.717, 1.165) is 77.0 Å². The van der Waals surface area contributed by atoms with Gasteiger partial charge in [0.2, 0.25) is 0 Å². The summed E-state index contributed by atoms with van der Waals surface area (Å²) in [5.74, 6) is 0.410. The predicted octanol–water partition coefficient (Wildman–Crippen LogP) is 6.75. The van der Waals surface area contributed by atoms with Gasteiger partial charge in [0.15, 0.2) is 35.6 Å². The van der Waals surface area contributed by atoms with Crippen molar-refractivity contribution in [3.63, 3.8) is 0 Å². The first kappa shape index (κ1) is 60.9. The summed E-state index contributed by atoms with van der Waals surface area (Å²) in [6, 6.07) is 0. The second kappa shape index (κ2) is 21.6. The van der Waals surface area contributed by atoms with E-state index >= 15 is 0 Å². The Morgan fingerprint density at radius 1 is 0.529 bits per heavy atom. The first-order valence-electron chi connectivity index (χ1n) is 32.8. The SMILES string of the molecule is CCC(C)C(=O)OC12C3CC4C(=O)OC15C4C325.CCC(C)C(=O)OC1C2CC3C(=O)OC1C3O2.CCC(C)C(=O)OC1C2CC3C(=O)OC1C3S2.CCC(C)C(=O)OC1C2CC3C1OC(=O)C3(C)C2.CCC(C)C(=O)OC1C2CCC3C(C2)C(=O)OC31. The lowest BCUT2D eigenvalue weighted by Gasteiger charge is -2.44. The quantitative estimate of drug-likeness (QED) is 0.121. The molecule has 18 fully saturated rings. The highest BCUT2D eigenvalue weighted by Crippen LogP contribution is 3.16. The molecule has 9 saturated heterocycles. The average Bonchev–Trinajstić information content (AvgIpc) is 1.31. The third kappa shape index (κ3) is 8.63. The molecule has 0 amide bonds. The minimum atomic E-state index is -0.399. The standard InChI is InChI=1S/2C14H20O4.C13H14O4.C12H16O5.C12H16O4S/c1-4-7(2)12(15)17-10-8-5-9-11(10)18-13(16)14(9,3)6-8;1-3-7(2)13(15)17-11-8-4-5-9-10(6-8)14(16)18-12(9)11;1-3-5(2)9(14)16-12-7-4-6-8-11(7,12)13(8,12)17-10(6)15;1-3-5(2)11(13)16-9-7-4-6-8(15-7)10(9)17-12(6)14;1-3-5(2)11(13)15-8-7-4-6-10(17-7)9(8)16-12(6)14/h7-11H,4-6H2,1-3H3;7-12H,3-6H2,1-2H3;5-8H,3-4H2,1-2H3;2*5-10H,3-4H2,1-2H3. The monoisotopic (exact) mass is 1230 g/mol. The van der Waals surface area contributed by atoms with Crippen LogP contribution in [0.4, 0.5) is 0 Å². The van der Waals surface area contributed by atoms with Crippen molar-refractivity contribution in [2.24, 2.45) is 99.6 Å². The van der Waals surface area contributed by atoms with Crippen LogP contribution in [0.15, 0.2) is 0 Å². The highest BCUT2D eigenvalue weighted by atomic mass is 32.2. The van der Waals surface area contributed by atoms with Crippen LogP contribution >= 0.6 is 11.8 Å². The smallest absolute Gasteiger partial charge is 0.312 e. The largest absolute Gasteiger partial charge is 0.458 e. The number of fused-ring (bicyclic) bond motifs is 5. The molecule has 0 radical (unpaired) electrons. The van der Waals surface area contributed by atoms with Gasteiger partial charge >= 0.3 is 59.7 Å². The molecule has 9 aliphatic carbocycles. The minimum Gasteiger partial charge on any atom is -0.458 e. The first-order valence-corrected chi connectivity index (χ1v) is 33.8. The number of thioether (sulfide) groups is 1. The molecule has 10 bridgehead atoms. The summed E-state index contributed by atoms with van der Waals surface area (Å²) in [6.45, 7) is 21.2. The van der Waals surface area contributed by atoms with Gasteiger partial charge in [-0.1, -0.05) is 69.2 Å². The number of rotatable bonds is 15. The van der Waals surface area contributed by atoms with Crippen LogP contribution in [0.25, 0.3) is 0 Å². The molecular formula is C65H86O21S. The van der Waals surface area contributed by atoms with Gasteiger partial charge in [-0.15, -0.1) is 11.8 Å². The molecule has 31 atom stereocenters. The summed E-state index contributed by atoms with van der Waals surface area (Å²) in [6.07, 6.45) is 8.67. The normalized spacial score (nSPS) is 47.8. The molecule has 21 nitrogen and oxygen atoms in total. The van der Waals surface area contributed by atoms with E-state index in [0.29, 0.717) is 30.1 Å². The number of carbonyl (C=O) groups excluding carboxylic acids is 10. The lowest BCUT2D eigenvalue weighted by molar-refractivity contribution is -0.176. The van der Waals surface area contributed by atoms with Crippen molar-refractivity contribution in [2.45, 2.75) is 242 Å². The molecule has 2 spiro atoms. The van der Waals surface area contributed by atoms with Crippen molar-refractivity contribution in [2.75, 3.05) is 0 Å². The Hall–Kier alpha value is -4.99. The third-order valence-electron chi connectivity index (χ3n) is 24.6. The van der Waals surface area contributed by atoms with E-state index in [1.54, 1.807) is 11.8 Å². The molecule has 0 aromatic rings.